The summed E-state index contributed by atoms with van der Waals surface area (Å²) in [5.74, 6) is -1.50. The van der Waals surface area contributed by atoms with Gasteiger partial charge in [-0.1, -0.05) is 49.4 Å². The third kappa shape index (κ3) is 17.6. The Labute approximate surface area is 334 Å². The average Bonchev–Trinajstić information content (AvgIpc) is 3.21. The van der Waals surface area contributed by atoms with Gasteiger partial charge in [-0.3, -0.25) is 14.4 Å². The fourth-order valence-electron chi connectivity index (χ4n) is 5.72. The van der Waals surface area contributed by atoms with E-state index in [9.17, 15) is 29.7 Å². The van der Waals surface area contributed by atoms with Crippen molar-refractivity contribution in [2.45, 2.75) is 69.4 Å². The predicted molar refractivity (Wildman–Crippen MR) is 210 cm³/mol. The topological polar surface area (TPSA) is 201 Å². The second-order valence-electron chi connectivity index (χ2n) is 13.1. The van der Waals surface area contributed by atoms with Gasteiger partial charge in [0.2, 0.25) is 11.7 Å². The maximum atomic E-state index is 12.8. The molecule has 5 N–H and O–H groups in total. The predicted octanol–water partition coefficient (Wildman–Crippen LogP) is 1.99. The number of rotatable bonds is 30. The second-order valence-corrected chi connectivity index (χ2v) is 14.3. The van der Waals surface area contributed by atoms with Crippen molar-refractivity contribution >= 4 is 29.9 Å². The van der Waals surface area contributed by atoms with Gasteiger partial charge < -0.3 is 59.1 Å². The molecular formula is C40H60N2O13S. The summed E-state index contributed by atoms with van der Waals surface area (Å²) in [5.41, 5.74) is 2.27. The molecule has 56 heavy (non-hydrogen) atoms. The highest BCUT2D eigenvalue weighted by Gasteiger charge is 2.51. The molecule has 1 heterocycles. The summed E-state index contributed by atoms with van der Waals surface area (Å²) in [6, 6.07) is 15.4. The van der Waals surface area contributed by atoms with Crippen molar-refractivity contribution in [3.05, 3.63) is 60.2 Å². The number of hydrogen-bond acceptors (Lipinski definition) is 14. The summed E-state index contributed by atoms with van der Waals surface area (Å²) >= 11 is 1.64. The summed E-state index contributed by atoms with van der Waals surface area (Å²) in [6.07, 6.45) is -4.49. The van der Waals surface area contributed by atoms with Crippen LogP contribution in [0.2, 0.25) is 0 Å². The van der Waals surface area contributed by atoms with Crippen LogP contribution >= 0.6 is 11.8 Å². The average molecular weight is 809 g/mol. The first-order chi connectivity index (χ1) is 27.2. The maximum absolute atomic E-state index is 12.8. The number of aliphatic hydroxyl groups excluding tert-OH is 3. The van der Waals surface area contributed by atoms with Gasteiger partial charge in [0, 0.05) is 37.8 Å². The van der Waals surface area contributed by atoms with Crippen LogP contribution in [0, 0.1) is 0 Å². The van der Waals surface area contributed by atoms with E-state index in [0.29, 0.717) is 83.5 Å². The zero-order valence-corrected chi connectivity index (χ0v) is 33.3. The molecule has 1 aliphatic rings. The number of aliphatic hydroxyl groups is 3. The molecule has 0 unspecified atom stereocenters. The summed E-state index contributed by atoms with van der Waals surface area (Å²) in [6.45, 7) is 8.34. The van der Waals surface area contributed by atoms with Crippen molar-refractivity contribution in [3.8, 4) is 11.1 Å². The molecule has 2 aromatic carbocycles. The van der Waals surface area contributed by atoms with Crippen LogP contribution in [-0.4, -0.2) is 160 Å². The number of carbonyl (C=O) groups is 3. The van der Waals surface area contributed by atoms with E-state index in [2.05, 4.69) is 17.6 Å². The van der Waals surface area contributed by atoms with Gasteiger partial charge in [0.05, 0.1) is 84.3 Å². The molecule has 0 aromatic heterocycles. The lowest BCUT2D eigenvalue weighted by Gasteiger charge is -2.46. The minimum absolute atomic E-state index is 0.101. The van der Waals surface area contributed by atoms with Gasteiger partial charge in [0.15, 0.2) is 6.29 Å². The highest BCUT2D eigenvalue weighted by molar-refractivity contribution is 7.99. The van der Waals surface area contributed by atoms with Crippen molar-refractivity contribution in [1.29, 1.82) is 0 Å². The normalized spacial score (nSPS) is 20.6. The third-order valence-electron chi connectivity index (χ3n) is 8.59. The van der Waals surface area contributed by atoms with Gasteiger partial charge in [-0.15, -0.1) is 0 Å². The monoisotopic (exact) mass is 808 g/mol. The van der Waals surface area contributed by atoms with E-state index in [1.165, 1.54) is 6.92 Å². The fourth-order valence-corrected chi connectivity index (χ4v) is 6.48. The molecule has 1 saturated heterocycles. The summed E-state index contributed by atoms with van der Waals surface area (Å²) < 4.78 is 39.1. The zero-order valence-electron chi connectivity index (χ0n) is 32.5. The number of nitrogens with one attached hydrogen (secondary N) is 2. The summed E-state index contributed by atoms with van der Waals surface area (Å²) in [5, 5.41) is 38.2. The molecule has 0 bridgehead atoms. The third-order valence-corrected chi connectivity index (χ3v) is 9.62. The van der Waals surface area contributed by atoms with Gasteiger partial charge in [-0.05, 0) is 41.9 Å². The Morgan fingerprint density at radius 2 is 1.41 bits per heavy atom. The molecule has 0 spiro atoms. The number of aldehydes is 1. The molecule has 1 fully saturated rings. The van der Waals surface area contributed by atoms with Crippen molar-refractivity contribution in [2.75, 3.05) is 90.7 Å². The highest BCUT2D eigenvalue weighted by Crippen LogP contribution is 2.32. The molecule has 3 rings (SSSR count). The zero-order chi connectivity index (χ0) is 40.4. The van der Waals surface area contributed by atoms with E-state index >= 15 is 0 Å². The van der Waals surface area contributed by atoms with E-state index in [4.69, 9.17) is 33.2 Å². The lowest BCUT2D eigenvalue weighted by molar-refractivity contribution is -0.296. The van der Waals surface area contributed by atoms with Crippen LogP contribution in [0.4, 0.5) is 0 Å². The van der Waals surface area contributed by atoms with E-state index in [-0.39, 0.29) is 19.6 Å². The smallest absolute Gasteiger partial charge is 0.251 e. The van der Waals surface area contributed by atoms with Gasteiger partial charge in [-0.25, -0.2) is 0 Å². The van der Waals surface area contributed by atoms with Gasteiger partial charge in [0.1, 0.15) is 12.2 Å². The molecule has 0 aliphatic carbocycles. The molecule has 2 amide bonds. The van der Waals surface area contributed by atoms with Crippen LogP contribution in [-0.2, 0) is 42.7 Å². The fraction of sp³-hybridized carbons (Fsp3) is 0.625. The van der Waals surface area contributed by atoms with Crippen LogP contribution in [0.1, 0.15) is 43.5 Å². The molecule has 16 heteroatoms. The van der Waals surface area contributed by atoms with Gasteiger partial charge >= 0.3 is 0 Å². The molecule has 2 aromatic rings. The van der Waals surface area contributed by atoms with E-state index in [0.717, 1.165) is 29.9 Å². The van der Waals surface area contributed by atoms with Crippen molar-refractivity contribution in [2.24, 2.45) is 0 Å². The Bertz CT molecular complexity index is 1380. The first-order valence-corrected chi connectivity index (χ1v) is 20.3. The lowest BCUT2D eigenvalue weighted by atomic mass is 9.88. The minimum Gasteiger partial charge on any atom is -0.391 e. The Kier molecular flexibility index (Phi) is 23.4. The van der Waals surface area contributed by atoms with Gasteiger partial charge in [0.25, 0.3) is 5.91 Å². The molecule has 0 saturated carbocycles. The summed E-state index contributed by atoms with van der Waals surface area (Å²) in [7, 11) is 0. The van der Waals surface area contributed by atoms with Crippen LogP contribution in [0.5, 0.6) is 0 Å². The van der Waals surface area contributed by atoms with Crippen LogP contribution < -0.4 is 10.6 Å². The lowest BCUT2D eigenvalue weighted by Crippen LogP contribution is -2.66. The highest BCUT2D eigenvalue weighted by atomic mass is 32.2. The number of ether oxygens (including phenoxy) is 7. The van der Waals surface area contributed by atoms with Crippen LogP contribution in [0.25, 0.3) is 11.1 Å². The molecule has 1 aliphatic heterocycles. The minimum atomic E-state index is -1.93. The largest absolute Gasteiger partial charge is 0.391 e. The Balaban J connectivity index is 1.33. The molecule has 314 valence electrons. The molecule has 0 radical (unpaired) electrons. The van der Waals surface area contributed by atoms with E-state index < -0.39 is 48.1 Å². The number of hydrogen-bond donors (Lipinski definition) is 5. The van der Waals surface area contributed by atoms with Crippen molar-refractivity contribution in [3.63, 3.8) is 0 Å². The van der Waals surface area contributed by atoms with Gasteiger partial charge in [-0.2, -0.15) is 11.8 Å². The Morgan fingerprint density at radius 3 is 1.98 bits per heavy atom. The number of amides is 2. The molecular weight excluding hydrogens is 749 g/mol. The second kappa shape index (κ2) is 27.6. The molecule has 15 nitrogen and oxygen atoms in total. The maximum Gasteiger partial charge on any atom is 0.251 e. The Hall–Kier alpha value is -3.00. The van der Waals surface area contributed by atoms with Crippen molar-refractivity contribution in [1.82, 2.24) is 10.6 Å². The standard InChI is InChI=1S/C40H60N2O13S/c1-3-14-49-16-17-50-18-19-51-20-21-52-22-23-53-24-26-56-25-7-15-54-40(29-43)27-34(45)36(42-30(2)44)38(55-40)37(47)35(46)28-41-39(48)33-12-10-32(11-13-33)31-8-5-4-6-9-31/h4-6,8-13,29,34-38,45-47H,3,7,14-28H2,1-2H3,(H,41,48)(H,42,44)/t34-,35+,36+,37+,38+,40+/m0/s1. The number of carbonyl (C=O) groups excluding carboxylic acids is 3. The van der Waals surface area contributed by atoms with Crippen LogP contribution in [0.3, 0.4) is 0 Å². The van der Waals surface area contributed by atoms with Crippen LogP contribution in [0.15, 0.2) is 54.6 Å². The number of benzene rings is 2. The molecule has 6 atom stereocenters. The summed E-state index contributed by atoms with van der Waals surface area (Å²) in [4.78, 5) is 37.1. The van der Waals surface area contributed by atoms with Crippen molar-refractivity contribution < 1.29 is 62.9 Å². The Morgan fingerprint density at radius 1 is 0.839 bits per heavy atom. The number of thioether (sulfide) groups is 1. The van der Waals surface area contributed by atoms with E-state index in [1.54, 1.807) is 36.0 Å². The first kappa shape index (κ1) is 47.4. The first-order valence-electron chi connectivity index (χ1n) is 19.2. The van der Waals surface area contributed by atoms with E-state index in [1.807, 2.05) is 30.3 Å². The quantitative estimate of drug-likeness (QED) is 0.0567. The SMILES string of the molecule is CCCOCCOCCOCCOCCOCCSCCCO[C@]1(C=O)C[C@H](O)[C@@H](NC(C)=O)[C@H]([C@H](O)[C@H](O)CNC(=O)c2ccc(-c3ccccc3)cc2)O1.